The molecule has 0 bridgehead atoms. The second kappa shape index (κ2) is 14.0. The Morgan fingerprint density at radius 1 is 0.681 bits per heavy atom. The quantitative estimate of drug-likeness (QED) is 0.118. The molecule has 0 spiro atoms. The summed E-state index contributed by atoms with van der Waals surface area (Å²) in [7, 11) is 1.93. The summed E-state index contributed by atoms with van der Waals surface area (Å²) in [6.07, 6.45) is 6.05. The van der Waals surface area contributed by atoms with E-state index in [0.29, 0.717) is 6.67 Å². The molecule has 0 fully saturated rings. The van der Waals surface area contributed by atoms with Gasteiger partial charge in [-0.25, -0.2) is 0 Å². The third-order valence-corrected chi connectivity index (χ3v) is 8.48. The van der Waals surface area contributed by atoms with E-state index in [-0.39, 0.29) is 0 Å². The summed E-state index contributed by atoms with van der Waals surface area (Å²) in [6.45, 7) is 14.4. The summed E-state index contributed by atoms with van der Waals surface area (Å²) >= 11 is 0. The van der Waals surface area contributed by atoms with Gasteiger partial charge in [0.25, 0.3) is 0 Å². The molecule has 5 aromatic carbocycles. The van der Waals surface area contributed by atoms with Crippen molar-refractivity contribution < 1.29 is 0 Å². The normalized spacial score (nSPS) is 11.7. The Labute approximate surface area is 276 Å². The van der Waals surface area contributed by atoms with Crippen molar-refractivity contribution in [1.82, 2.24) is 14.0 Å². The van der Waals surface area contributed by atoms with Crippen LogP contribution in [0.15, 0.2) is 162 Å². The van der Waals surface area contributed by atoms with Gasteiger partial charge in [-0.2, -0.15) is 0 Å². The molecule has 2 heterocycles. The van der Waals surface area contributed by atoms with E-state index in [1.165, 1.54) is 43.6 Å². The van der Waals surface area contributed by atoms with Gasteiger partial charge in [0, 0.05) is 57.6 Å². The number of aliphatic imine (C=N–C) groups is 2. The summed E-state index contributed by atoms with van der Waals surface area (Å²) in [6, 6.07) is 43.0. The summed E-state index contributed by atoms with van der Waals surface area (Å²) in [5.74, 6) is 0. The maximum Gasteiger partial charge on any atom is 0.109 e. The largest absolute Gasteiger partial charge is 0.356 e. The number of likely N-dealkylation sites (N-methyl/N-ethyl adjacent to an activating group) is 1. The van der Waals surface area contributed by atoms with Gasteiger partial charge in [-0.05, 0) is 74.5 Å². The topological polar surface area (TPSA) is 37.8 Å². The molecule has 0 N–H and O–H groups in total. The second-order valence-electron chi connectivity index (χ2n) is 11.4. The lowest BCUT2D eigenvalue weighted by Gasteiger charge is -2.15. The zero-order valence-electron chi connectivity index (χ0n) is 27.1. The van der Waals surface area contributed by atoms with E-state index in [9.17, 15) is 0 Å². The third kappa shape index (κ3) is 6.16. The van der Waals surface area contributed by atoms with Crippen molar-refractivity contribution in [3.8, 4) is 5.69 Å². The van der Waals surface area contributed by atoms with Gasteiger partial charge >= 0.3 is 0 Å². The van der Waals surface area contributed by atoms with Crippen LogP contribution in [-0.2, 0) is 6.54 Å². The summed E-state index contributed by atoms with van der Waals surface area (Å²) < 4.78 is 4.68. The maximum atomic E-state index is 4.40. The van der Waals surface area contributed by atoms with Crippen molar-refractivity contribution >= 4 is 62.7 Å². The molecular formula is C42H39N5. The number of benzene rings is 5. The van der Waals surface area contributed by atoms with Crippen LogP contribution in [0.5, 0.6) is 0 Å². The molecule has 0 saturated heterocycles. The molecule has 7 aromatic rings. The van der Waals surface area contributed by atoms with Gasteiger partial charge in [0.2, 0.25) is 0 Å². The number of rotatable bonds is 9. The van der Waals surface area contributed by atoms with Gasteiger partial charge in [-0.15, -0.1) is 0 Å². The van der Waals surface area contributed by atoms with Gasteiger partial charge in [0.1, 0.15) is 6.67 Å². The van der Waals surface area contributed by atoms with Crippen molar-refractivity contribution in [2.45, 2.75) is 13.5 Å². The fourth-order valence-corrected chi connectivity index (χ4v) is 6.19. The minimum absolute atomic E-state index is 0.600. The van der Waals surface area contributed by atoms with Gasteiger partial charge in [0.05, 0.1) is 16.7 Å². The zero-order chi connectivity index (χ0) is 32.8. The lowest BCUT2D eigenvalue weighted by molar-refractivity contribution is 0.449. The lowest BCUT2D eigenvalue weighted by Crippen LogP contribution is -2.15. The average Bonchev–Trinajstić information content (AvgIpc) is 3.62. The molecule has 0 amide bonds. The van der Waals surface area contributed by atoms with Crippen LogP contribution in [0.1, 0.15) is 12.5 Å². The Kier molecular flexibility index (Phi) is 9.26. The monoisotopic (exact) mass is 613 g/mol. The Morgan fingerprint density at radius 2 is 1.15 bits per heavy atom. The zero-order valence-corrected chi connectivity index (χ0v) is 27.1. The molecule has 47 heavy (non-hydrogen) atoms. The van der Waals surface area contributed by atoms with Crippen LogP contribution >= 0.6 is 0 Å². The number of aromatic nitrogens is 2. The Morgan fingerprint density at radius 3 is 1.62 bits per heavy atom. The number of para-hydroxylation sites is 4. The van der Waals surface area contributed by atoms with Crippen LogP contribution < -0.4 is 0 Å². The van der Waals surface area contributed by atoms with Crippen LogP contribution in [0, 0.1) is 0 Å². The van der Waals surface area contributed by atoms with Gasteiger partial charge in [0.15, 0.2) is 0 Å². The summed E-state index contributed by atoms with van der Waals surface area (Å²) in [4.78, 5) is 10.0. The second-order valence-corrected chi connectivity index (χ2v) is 11.4. The third-order valence-electron chi connectivity index (χ3n) is 8.48. The molecule has 232 valence electrons. The minimum atomic E-state index is 0.600. The molecule has 0 unspecified atom stereocenters. The predicted octanol–water partition coefficient (Wildman–Crippen LogP) is 10.3. The van der Waals surface area contributed by atoms with Crippen LogP contribution in [-0.4, -0.2) is 41.2 Å². The highest BCUT2D eigenvalue weighted by Gasteiger charge is 2.12. The van der Waals surface area contributed by atoms with Crippen molar-refractivity contribution in [1.29, 1.82) is 0 Å². The van der Waals surface area contributed by atoms with E-state index >= 15 is 0 Å². The molecule has 0 saturated carbocycles. The van der Waals surface area contributed by atoms with Crippen LogP contribution in [0.3, 0.4) is 0 Å². The Balaban J connectivity index is 0.000000337. The van der Waals surface area contributed by atoms with Crippen LogP contribution in [0.4, 0.5) is 0 Å². The molecular weight excluding hydrogens is 574 g/mol. The molecule has 0 aliphatic heterocycles. The summed E-state index contributed by atoms with van der Waals surface area (Å²) in [5.41, 5.74) is 8.90. The number of fused-ring (bicyclic) bond motifs is 6. The fourth-order valence-electron chi connectivity index (χ4n) is 6.19. The lowest BCUT2D eigenvalue weighted by atomic mass is 10.1. The maximum absolute atomic E-state index is 4.40. The van der Waals surface area contributed by atoms with E-state index < -0.39 is 0 Å². The van der Waals surface area contributed by atoms with Crippen molar-refractivity contribution in [2.24, 2.45) is 9.98 Å². The minimum Gasteiger partial charge on any atom is -0.356 e. The highest BCUT2D eigenvalue weighted by atomic mass is 15.2. The van der Waals surface area contributed by atoms with E-state index in [2.05, 4.69) is 167 Å². The van der Waals surface area contributed by atoms with Crippen molar-refractivity contribution in [3.63, 3.8) is 0 Å². The smallest absolute Gasteiger partial charge is 0.109 e. The molecule has 0 aliphatic rings. The first-order valence-corrected chi connectivity index (χ1v) is 15.7. The summed E-state index contributed by atoms with van der Waals surface area (Å²) in [5, 5.41) is 5.08. The Bertz CT molecular complexity index is 2170. The van der Waals surface area contributed by atoms with Gasteiger partial charge < -0.3 is 14.0 Å². The standard InChI is InChI=1S/C34H25N3.C8H14N2/c1-35-30(22-23-36-31-14-6-2-10-26(31)27-11-3-7-15-32(27)36)24-18-20-25(21-19-24)37-33-16-8-4-12-28(33)29-13-5-9-17-34(29)37;1-5-6-8(2)10(4)7-9-3/h2-22H,1,23H2;5-6H,2-3,7H2,1,4H3/b30-22-;6-5-. The molecule has 0 atom stereocenters. The first-order valence-electron chi connectivity index (χ1n) is 15.7. The van der Waals surface area contributed by atoms with E-state index in [1.54, 1.807) is 0 Å². The molecule has 2 aromatic heterocycles. The molecule has 0 aliphatic carbocycles. The van der Waals surface area contributed by atoms with E-state index in [1.807, 2.05) is 31.0 Å². The SMILES string of the molecule is C=N/C(=C\Cn1c2ccccc2c2ccccc21)c1ccc(-n2c3ccccc3c3ccccc32)cc1.C=NCN(C)C(=C)/C=C\C. The molecule has 5 heteroatoms. The van der Waals surface area contributed by atoms with Crippen LogP contribution in [0.25, 0.3) is 55.0 Å². The molecule has 7 rings (SSSR count). The first kappa shape index (κ1) is 31.1. The van der Waals surface area contributed by atoms with Gasteiger partial charge in [-0.3, -0.25) is 9.98 Å². The number of hydrogen-bond acceptors (Lipinski definition) is 3. The highest BCUT2D eigenvalue weighted by molar-refractivity contribution is 6.09. The molecule has 0 radical (unpaired) electrons. The number of hydrogen-bond donors (Lipinski definition) is 0. The van der Waals surface area contributed by atoms with Crippen molar-refractivity contribution in [3.05, 3.63) is 157 Å². The number of allylic oxidation sites excluding steroid dienone is 3. The van der Waals surface area contributed by atoms with E-state index in [0.717, 1.165) is 29.2 Å². The van der Waals surface area contributed by atoms with Gasteiger partial charge in [-0.1, -0.05) is 97.6 Å². The van der Waals surface area contributed by atoms with Crippen LogP contribution in [0.2, 0.25) is 0 Å². The fraction of sp³-hybridized carbons (Fsp3) is 0.0952. The molecule has 5 nitrogen and oxygen atoms in total. The first-order chi connectivity index (χ1) is 23.0. The van der Waals surface area contributed by atoms with Crippen molar-refractivity contribution in [2.75, 3.05) is 13.7 Å². The average molecular weight is 614 g/mol. The van der Waals surface area contributed by atoms with E-state index in [4.69, 9.17) is 0 Å². The predicted molar refractivity (Wildman–Crippen MR) is 204 cm³/mol. The highest BCUT2D eigenvalue weighted by Crippen LogP contribution is 2.33. The number of nitrogens with zero attached hydrogens (tertiary/aromatic N) is 5. The Hall–Kier alpha value is -5.94.